The molecule has 31 heavy (non-hydrogen) atoms. The molecule has 1 aliphatic heterocycles. The number of ether oxygens (including phenoxy) is 2. The molecular weight excluding hydrogens is 469 g/mol. The van der Waals surface area contributed by atoms with Crippen LogP contribution in [-0.2, 0) is 27.2 Å². The molecule has 12 heteroatoms. The molecule has 8 nitrogen and oxygen atoms in total. The Morgan fingerprint density at radius 3 is 1.45 bits per heavy atom. The van der Waals surface area contributed by atoms with Crippen LogP contribution in [0.25, 0.3) is 0 Å². The number of carbonyl (C=O) groups is 1. The standard InChI is InChI=1S/C19H44O8Si4/c1-28(2,3)24-15-14(13-22-19(20)21)23-18(27-31(10,11)12)17(26-30(7,8)9)16(15)25-29(4,5)6/h14-18H,13H2,1-12H3,(H,20,21)/t14-,15-,16+,17-,18?/m1/s1. The maximum atomic E-state index is 11.1. The first-order valence-electron chi connectivity index (χ1n) is 10.9. The molecule has 0 bridgehead atoms. The van der Waals surface area contributed by atoms with Gasteiger partial charge in [0.15, 0.2) is 39.6 Å². The van der Waals surface area contributed by atoms with Gasteiger partial charge in [0.25, 0.3) is 0 Å². The predicted molar refractivity (Wildman–Crippen MR) is 132 cm³/mol. The molecule has 0 aromatic heterocycles. The van der Waals surface area contributed by atoms with Gasteiger partial charge in [-0.05, 0) is 78.6 Å². The molecule has 5 atom stereocenters. The van der Waals surface area contributed by atoms with Crippen molar-refractivity contribution in [1.29, 1.82) is 0 Å². The minimum atomic E-state index is -2.04. The largest absolute Gasteiger partial charge is 0.505 e. The van der Waals surface area contributed by atoms with E-state index in [1.54, 1.807) is 0 Å². The zero-order valence-corrected chi connectivity index (χ0v) is 25.4. The van der Waals surface area contributed by atoms with Crippen LogP contribution >= 0.6 is 0 Å². The quantitative estimate of drug-likeness (QED) is 0.326. The average Bonchev–Trinajstić information content (AvgIpc) is 2.46. The fourth-order valence-corrected chi connectivity index (χ4v) is 7.37. The summed E-state index contributed by atoms with van der Waals surface area (Å²) in [7, 11) is -8.09. The van der Waals surface area contributed by atoms with Gasteiger partial charge in [-0.15, -0.1) is 0 Å². The molecule has 184 valence electrons. The van der Waals surface area contributed by atoms with Crippen LogP contribution < -0.4 is 0 Å². The fourth-order valence-electron chi connectivity index (χ4n) is 3.24. The van der Waals surface area contributed by atoms with E-state index in [9.17, 15) is 4.79 Å². The Balaban J connectivity index is 3.48. The molecule has 1 aliphatic rings. The fraction of sp³-hybridized carbons (Fsp3) is 0.947. The third-order valence-corrected chi connectivity index (χ3v) is 7.78. The van der Waals surface area contributed by atoms with E-state index in [1.165, 1.54) is 0 Å². The zero-order valence-electron chi connectivity index (χ0n) is 21.4. The molecule has 0 radical (unpaired) electrons. The first-order valence-corrected chi connectivity index (χ1v) is 24.5. The van der Waals surface area contributed by atoms with Crippen LogP contribution in [0.2, 0.25) is 78.6 Å². The molecule has 1 N–H and O–H groups in total. The summed E-state index contributed by atoms with van der Waals surface area (Å²) in [4.78, 5) is 11.1. The van der Waals surface area contributed by atoms with Crippen LogP contribution in [0.5, 0.6) is 0 Å². The van der Waals surface area contributed by atoms with Crippen LogP contribution in [0.3, 0.4) is 0 Å². The average molecular weight is 513 g/mol. The summed E-state index contributed by atoms with van der Waals surface area (Å²) in [5, 5.41) is 9.09. The van der Waals surface area contributed by atoms with Crippen molar-refractivity contribution in [1.82, 2.24) is 0 Å². The highest BCUT2D eigenvalue weighted by Crippen LogP contribution is 2.35. The second-order valence-electron chi connectivity index (χ2n) is 11.9. The lowest BCUT2D eigenvalue weighted by Crippen LogP contribution is -2.67. The Morgan fingerprint density at radius 2 is 1.06 bits per heavy atom. The van der Waals surface area contributed by atoms with Crippen molar-refractivity contribution in [2.45, 2.75) is 109 Å². The number of hydrogen-bond donors (Lipinski definition) is 1. The minimum Gasteiger partial charge on any atom is -0.450 e. The molecular formula is C19H44O8Si4. The van der Waals surface area contributed by atoms with Gasteiger partial charge in [-0.1, -0.05) is 0 Å². The van der Waals surface area contributed by atoms with E-state index in [1.807, 2.05) is 0 Å². The Hall–Kier alpha value is -0.0625. The summed E-state index contributed by atoms with van der Waals surface area (Å²) in [6.45, 7) is 25.1. The lowest BCUT2D eigenvalue weighted by molar-refractivity contribution is -0.269. The summed E-state index contributed by atoms with van der Waals surface area (Å²) >= 11 is 0. The van der Waals surface area contributed by atoms with Crippen molar-refractivity contribution < 1.29 is 37.1 Å². The first kappa shape index (κ1) is 29.0. The van der Waals surface area contributed by atoms with Gasteiger partial charge in [0.1, 0.15) is 31.0 Å². The van der Waals surface area contributed by atoms with E-state index in [2.05, 4.69) is 78.6 Å². The number of rotatable bonds is 10. The smallest absolute Gasteiger partial charge is 0.450 e. The van der Waals surface area contributed by atoms with Gasteiger partial charge >= 0.3 is 6.16 Å². The minimum absolute atomic E-state index is 0.152. The maximum absolute atomic E-state index is 11.1. The van der Waals surface area contributed by atoms with Crippen LogP contribution in [0.15, 0.2) is 0 Å². The monoisotopic (exact) mass is 512 g/mol. The molecule has 1 saturated heterocycles. The third-order valence-electron chi connectivity index (χ3n) is 3.90. The van der Waals surface area contributed by atoms with Gasteiger partial charge in [0.2, 0.25) is 0 Å². The van der Waals surface area contributed by atoms with Crippen molar-refractivity contribution in [3.05, 3.63) is 0 Å². The van der Waals surface area contributed by atoms with Crippen molar-refractivity contribution in [2.75, 3.05) is 6.61 Å². The van der Waals surface area contributed by atoms with Crippen molar-refractivity contribution in [3.8, 4) is 0 Å². The number of hydrogen-bond acceptors (Lipinski definition) is 7. The van der Waals surface area contributed by atoms with Crippen molar-refractivity contribution >= 4 is 39.4 Å². The van der Waals surface area contributed by atoms with Gasteiger partial charge in [0, 0.05) is 0 Å². The third kappa shape index (κ3) is 11.6. The first-order chi connectivity index (χ1) is 13.7. The molecule has 0 aromatic rings. The van der Waals surface area contributed by atoms with E-state index in [0.29, 0.717) is 0 Å². The van der Waals surface area contributed by atoms with E-state index >= 15 is 0 Å². The topological polar surface area (TPSA) is 92.7 Å². The van der Waals surface area contributed by atoms with Gasteiger partial charge in [-0.2, -0.15) is 0 Å². The van der Waals surface area contributed by atoms with E-state index < -0.39 is 70.1 Å². The highest BCUT2D eigenvalue weighted by molar-refractivity contribution is 6.71. The Bertz CT molecular complexity index is 592. The molecule has 1 heterocycles. The van der Waals surface area contributed by atoms with Gasteiger partial charge in [-0.3, -0.25) is 0 Å². The summed E-state index contributed by atoms with van der Waals surface area (Å²) in [5.41, 5.74) is 0. The van der Waals surface area contributed by atoms with E-state index in [-0.39, 0.29) is 6.61 Å². The van der Waals surface area contributed by atoms with Crippen LogP contribution in [0, 0.1) is 0 Å². The normalized spacial score (nSPS) is 28.5. The van der Waals surface area contributed by atoms with Gasteiger partial charge in [-0.25, -0.2) is 4.79 Å². The maximum Gasteiger partial charge on any atom is 0.505 e. The lowest BCUT2D eigenvalue weighted by Gasteiger charge is -2.51. The molecule has 0 aromatic carbocycles. The molecule has 0 spiro atoms. The Kier molecular flexibility index (Phi) is 9.78. The number of carboxylic acid groups (broad SMARTS) is 1. The molecule has 1 rings (SSSR count). The summed E-state index contributed by atoms with van der Waals surface area (Å²) in [5.74, 6) is 0. The molecule has 0 saturated carbocycles. The van der Waals surface area contributed by atoms with Crippen LogP contribution in [0.1, 0.15) is 0 Å². The summed E-state index contributed by atoms with van der Waals surface area (Å²) < 4.78 is 37.5. The van der Waals surface area contributed by atoms with E-state index in [0.717, 1.165) is 0 Å². The van der Waals surface area contributed by atoms with Crippen LogP contribution in [-0.4, -0.2) is 81.8 Å². The summed E-state index contributed by atoms with van der Waals surface area (Å²) in [6.07, 6.45) is -4.09. The van der Waals surface area contributed by atoms with E-state index in [4.69, 9.17) is 32.3 Å². The van der Waals surface area contributed by atoms with Crippen molar-refractivity contribution in [3.63, 3.8) is 0 Å². The van der Waals surface area contributed by atoms with Crippen molar-refractivity contribution in [2.24, 2.45) is 0 Å². The Labute approximate surface area is 192 Å². The molecule has 0 amide bonds. The SMILES string of the molecule is C[Si](C)(C)OC1O[C@H](COC(=O)O)[C@@H](O[Si](C)(C)C)[C@H](O[Si](C)(C)C)[C@H]1O[Si](C)(C)C. The van der Waals surface area contributed by atoms with Gasteiger partial charge in [0.05, 0.1) is 0 Å². The zero-order chi connectivity index (χ0) is 24.4. The highest BCUT2D eigenvalue weighted by Gasteiger charge is 2.53. The Morgan fingerprint density at radius 1 is 0.677 bits per heavy atom. The van der Waals surface area contributed by atoms with Crippen LogP contribution in [0.4, 0.5) is 4.79 Å². The highest BCUT2D eigenvalue weighted by atomic mass is 28.4. The second kappa shape index (κ2) is 10.5. The second-order valence-corrected chi connectivity index (χ2v) is 29.8. The lowest BCUT2D eigenvalue weighted by atomic mass is 9.99. The molecule has 1 unspecified atom stereocenters. The molecule has 1 fully saturated rings. The summed E-state index contributed by atoms with van der Waals surface area (Å²) in [6, 6.07) is 0. The molecule has 0 aliphatic carbocycles. The predicted octanol–water partition coefficient (Wildman–Crippen LogP) is 4.92. The van der Waals surface area contributed by atoms with Gasteiger partial charge < -0.3 is 32.3 Å².